The van der Waals surface area contributed by atoms with E-state index in [4.69, 9.17) is 15.9 Å². The molecule has 4 heteroatoms. The molecule has 2 aromatic carbocycles. The number of nitrogens with one attached hydrogen (secondary N) is 1. The fraction of sp³-hybridized carbons (Fsp3) is 0.0625. The number of rotatable bonds is 4. The van der Waals surface area contributed by atoms with E-state index in [0.717, 1.165) is 26.3 Å². The van der Waals surface area contributed by atoms with Gasteiger partial charge in [0.2, 0.25) is 0 Å². The maximum Gasteiger partial charge on any atom is 0.133 e. The minimum atomic E-state index is 0.109. The second-order valence-corrected chi connectivity index (χ2v) is 5.58. The topological polar surface area (TPSA) is 59.1 Å². The molecule has 3 rings (SSSR count). The second kappa shape index (κ2) is 5.35. The van der Waals surface area contributed by atoms with Gasteiger partial charge in [0, 0.05) is 4.70 Å². The summed E-state index contributed by atoms with van der Waals surface area (Å²) in [6, 6.07) is 17.9. The Morgan fingerprint density at radius 1 is 1.10 bits per heavy atom. The predicted octanol–water partition coefficient (Wildman–Crippen LogP) is 3.76. The molecule has 3 aromatic rings. The van der Waals surface area contributed by atoms with Crippen molar-refractivity contribution in [2.45, 2.75) is 6.61 Å². The van der Waals surface area contributed by atoms with Gasteiger partial charge in [-0.15, -0.1) is 11.3 Å². The minimum absolute atomic E-state index is 0.109. The number of ether oxygens (including phenoxy) is 1. The van der Waals surface area contributed by atoms with Gasteiger partial charge in [0.15, 0.2) is 0 Å². The average Bonchev–Trinajstić information content (AvgIpc) is 2.89. The molecular weight excluding hydrogens is 268 g/mol. The van der Waals surface area contributed by atoms with Crippen molar-refractivity contribution in [2.24, 2.45) is 5.73 Å². The Kier molecular flexibility index (Phi) is 3.39. The monoisotopic (exact) mass is 282 g/mol. The van der Waals surface area contributed by atoms with Crippen LogP contribution in [-0.2, 0) is 6.61 Å². The van der Waals surface area contributed by atoms with E-state index in [1.807, 2.05) is 54.6 Å². The Bertz CT molecular complexity index is 750. The molecule has 100 valence electrons. The molecule has 0 atom stereocenters. The van der Waals surface area contributed by atoms with Crippen molar-refractivity contribution in [3.8, 4) is 5.75 Å². The van der Waals surface area contributed by atoms with Crippen LogP contribution in [0.1, 0.15) is 10.4 Å². The zero-order chi connectivity index (χ0) is 13.9. The van der Waals surface area contributed by atoms with Gasteiger partial charge in [-0.1, -0.05) is 30.3 Å². The van der Waals surface area contributed by atoms with Gasteiger partial charge in [0.05, 0.1) is 4.88 Å². The lowest BCUT2D eigenvalue weighted by Gasteiger charge is -2.06. The third-order valence-electron chi connectivity index (χ3n) is 3.01. The normalized spacial score (nSPS) is 10.6. The van der Waals surface area contributed by atoms with Crippen molar-refractivity contribution in [3.05, 3.63) is 65.0 Å². The van der Waals surface area contributed by atoms with Gasteiger partial charge in [0.1, 0.15) is 18.2 Å². The SMILES string of the molecule is N=C(N)c1cc2ccc(OCc3ccccc3)cc2s1. The van der Waals surface area contributed by atoms with Crippen molar-refractivity contribution in [3.63, 3.8) is 0 Å². The largest absolute Gasteiger partial charge is 0.489 e. The predicted molar refractivity (Wildman–Crippen MR) is 83.6 cm³/mol. The lowest BCUT2D eigenvalue weighted by Crippen LogP contribution is -2.08. The van der Waals surface area contributed by atoms with Gasteiger partial charge in [-0.3, -0.25) is 5.41 Å². The highest BCUT2D eigenvalue weighted by Crippen LogP contribution is 2.29. The first-order valence-electron chi connectivity index (χ1n) is 6.27. The lowest BCUT2D eigenvalue weighted by atomic mass is 10.2. The summed E-state index contributed by atoms with van der Waals surface area (Å²) in [7, 11) is 0. The number of nitrogens with two attached hydrogens (primary N) is 1. The number of hydrogen-bond donors (Lipinski definition) is 2. The first kappa shape index (κ1) is 12.7. The van der Waals surface area contributed by atoms with Gasteiger partial charge in [-0.25, -0.2) is 0 Å². The molecule has 1 aromatic heterocycles. The number of hydrogen-bond acceptors (Lipinski definition) is 3. The van der Waals surface area contributed by atoms with Gasteiger partial charge in [-0.05, 0) is 35.2 Å². The van der Waals surface area contributed by atoms with Crippen molar-refractivity contribution >= 4 is 27.3 Å². The van der Waals surface area contributed by atoms with Crippen LogP contribution in [0.25, 0.3) is 10.1 Å². The molecule has 0 radical (unpaired) electrons. The summed E-state index contributed by atoms with van der Waals surface area (Å²) >= 11 is 1.51. The fourth-order valence-corrected chi connectivity index (χ4v) is 2.93. The summed E-state index contributed by atoms with van der Waals surface area (Å²) in [6.07, 6.45) is 0. The van der Waals surface area contributed by atoms with Crippen LogP contribution in [0.2, 0.25) is 0 Å². The van der Waals surface area contributed by atoms with E-state index in [2.05, 4.69) is 0 Å². The van der Waals surface area contributed by atoms with Crippen LogP contribution in [0.4, 0.5) is 0 Å². The Morgan fingerprint density at radius 3 is 2.65 bits per heavy atom. The van der Waals surface area contributed by atoms with E-state index >= 15 is 0 Å². The van der Waals surface area contributed by atoms with Crippen LogP contribution in [0, 0.1) is 5.41 Å². The number of amidine groups is 1. The molecule has 0 saturated heterocycles. The van der Waals surface area contributed by atoms with E-state index in [-0.39, 0.29) is 5.84 Å². The highest BCUT2D eigenvalue weighted by molar-refractivity contribution is 7.20. The third kappa shape index (κ3) is 2.65. The number of nitrogen functional groups attached to an aromatic ring is 1. The molecule has 0 saturated carbocycles. The summed E-state index contributed by atoms with van der Waals surface area (Å²) in [6.45, 7) is 0.553. The molecule has 0 aliphatic heterocycles. The number of fused-ring (bicyclic) bond motifs is 1. The van der Waals surface area contributed by atoms with Gasteiger partial charge in [0.25, 0.3) is 0 Å². The van der Waals surface area contributed by atoms with Crippen molar-refractivity contribution in [2.75, 3.05) is 0 Å². The van der Waals surface area contributed by atoms with E-state index < -0.39 is 0 Å². The Morgan fingerprint density at radius 2 is 1.90 bits per heavy atom. The summed E-state index contributed by atoms with van der Waals surface area (Å²) in [5.74, 6) is 0.941. The first-order valence-corrected chi connectivity index (χ1v) is 7.09. The number of benzene rings is 2. The molecule has 0 bridgehead atoms. The lowest BCUT2D eigenvalue weighted by molar-refractivity contribution is 0.306. The van der Waals surface area contributed by atoms with E-state index in [1.54, 1.807) is 0 Å². The summed E-state index contributed by atoms with van der Waals surface area (Å²) < 4.78 is 6.88. The van der Waals surface area contributed by atoms with Gasteiger partial charge in [-0.2, -0.15) is 0 Å². The molecule has 3 nitrogen and oxygen atoms in total. The second-order valence-electron chi connectivity index (χ2n) is 4.50. The highest BCUT2D eigenvalue weighted by Gasteiger charge is 2.05. The Balaban J connectivity index is 1.80. The maximum absolute atomic E-state index is 7.47. The molecule has 0 fully saturated rings. The molecule has 0 amide bonds. The van der Waals surface area contributed by atoms with Crippen LogP contribution in [0.3, 0.4) is 0 Å². The summed E-state index contributed by atoms with van der Waals surface area (Å²) in [4.78, 5) is 0.792. The maximum atomic E-state index is 7.47. The van der Waals surface area contributed by atoms with Crippen LogP contribution < -0.4 is 10.5 Å². The van der Waals surface area contributed by atoms with Gasteiger partial charge >= 0.3 is 0 Å². The molecule has 0 aliphatic rings. The highest BCUT2D eigenvalue weighted by atomic mass is 32.1. The quantitative estimate of drug-likeness (QED) is 0.565. The van der Waals surface area contributed by atoms with Crippen LogP contribution in [0.15, 0.2) is 54.6 Å². The standard InChI is InChI=1S/C16H14N2OS/c17-16(18)15-8-12-6-7-13(9-14(12)20-15)19-10-11-4-2-1-3-5-11/h1-9H,10H2,(H3,17,18). The summed E-state index contributed by atoms with van der Waals surface area (Å²) in [5.41, 5.74) is 6.65. The zero-order valence-corrected chi connectivity index (χ0v) is 11.6. The van der Waals surface area contributed by atoms with E-state index in [1.165, 1.54) is 11.3 Å². The Labute approximate surface area is 121 Å². The first-order chi connectivity index (χ1) is 9.72. The van der Waals surface area contributed by atoms with E-state index in [9.17, 15) is 0 Å². The van der Waals surface area contributed by atoms with Crippen molar-refractivity contribution < 1.29 is 4.74 Å². The fourth-order valence-electron chi connectivity index (χ4n) is 1.97. The number of thiophene rings is 1. The Hall–Kier alpha value is -2.33. The average molecular weight is 282 g/mol. The van der Waals surface area contributed by atoms with Crippen molar-refractivity contribution in [1.82, 2.24) is 0 Å². The van der Waals surface area contributed by atoms with E-state index in [0.29, 0.717) is 6.61 Å². The molecule has 3 N–H and O–H groups in total. The van der Waals surface area contributed by atoms with Crippen LogP contribution in [0.5, 0.6) is 5.75 Å². The molecule has 0 unspecified atom stereocenters. The van der Waals surface area contributed by atoms with Gasteiger partial charge < -0.3 is 10.5 Å². The zero-order valence-electron chi connectivity index (χ0n) is 10.8. The molecule has 1 heterocycles. The minimum Gasteiger partial charge on any atom is -0.489 e. The third-order valence-corrected chi connectivity index (χ3v) is 4.14. The van der Waals surface area contributed by atoms with Crippen LogP contribution in [-0.4, -0.2) is 5.84 Å². The smallest absolute Gasteiger partial charge is 0.133 e. The molecular formula is C16H14N2OS. The van der Waals surface area contributed by atoms with Crippen molar-refractivity contribution in [1.29, 1.82) is 5.41 Å². The summed E-state index contributed by atoms with van der Waals surface area (Å²) in [5, 5.41) is 8.56. The van der Waals surface area contributed by atoms with Crippen LogP contribution >= 0.6 is 11.3 Å². The molecule has 0 aliphatic carbocycles. The molecule has 0 spiro atoms. The molecule has 20 heavy (non-hydrogen) atoms.